The summed E-state index contributed by atoms with van der Waals surface area (Å²) in [5.74, 6) is -0.00631. The van der Waals surface area contributed by atoms with E-state index in [1.54, 1.807) is 37.5 Å². The normalized spacial score (nSPS) is 14.8. The molecule has 1 amide bonds. The van der Waals surface area contributed by atoms with Crippen LogP contribution in [0.15, 0.2) is 59.5 Å². The molecule has 0 spiro atoms. The third-order valence-corrected chi connectivity index (χ3v) is 7.84. The van der Waals surface area contributed by atoms with Crippen molar-refractivity contribution in [1.29, 1.82) is 0 Å². The Morgan fingerprint density at radius 2 is 2.00 bits per heavy atom. The monoisotopic (exact) mass is 516 g/mol. The summed E-state index contributed by atoms with van der Waals surface area (Å²) >= 11 is 1.48. The quantitative estimate of drug-likeness (QED) is 0.306. The van der Waals surface area contributed by atoms with Crippen LogP contribution in [-0.4, -0.2) is 31.8 Å². The first-order valence-corrected chi connectivity index (χ1v) is 12.9. The van der Waals surface area contributed by atoms with Gasteiger partial charge in [-0.25, -0.2) is 4.98 Å². The Balaban J connectivity index is 1.42. The molecular weight excluding hydrogens is 488 g/mol. The van der Waals surface area contributed by atoms with Crippen molar-refractivity contribution in [3.63, 3.8) is 0 Å². The SMILES string of the molecule is Cc1c(NC(=O)c2cc3c(s2)CCC(O)C3)cccc1-c1cn(C)c(=O)c(Nc2ccc(CO)cc2)n1. The van der Waals surface area contributed by atoms with Crippen LogP contribution in [0.3, 0.4) is 0 Å². The molecule has 1 aliphatic carbocycles. The minimum absolute atomic E-state index is 0.0557. The average Bonchev–Trinajstić information content (AvgIpc) is 3.32. The summed E-state index contributed by atoms with van der Waals surface area (Å²) in [6.45, 7) is 1.86. The summed E-state index contributed by atoms with van der Waals surface area (Å²) in [7, 11) is 1.67. The van der Waals surface area contributed by atoms with Gasteiger partial charge in [0.2, 0.25) is 0 Å². The molecule has 0 saturated heterocycles. The predicted octanol–water partition coefficient (Wildman–Crippen LogP) is 4.16. The van der Waals surface area contributed by atoms with Gasteiger partial charge in [0.25, 0.3) is 11.5 Å². The molecule has 0 saturated carbocycles. The Hall–Kier alpha value is -3.79. The second kappa shape index (κ2) is 10.3. The average molecular weight is 517 g/mol. The summed E-state index contributed by atoms with van der Waals surface area (Å²) in [6, 6.07) is 14.6. The maximum absolute atomic E-state index is 13.1. The number of rotatable bonds is 6. The first kappa shape index (κ1) is 24.9. The Morgan fingerprint density at radius 3 is 2.76 bits per heavy atom. The van der Waals surface area contributed by atoms with E-state index in [1.807, 2.05) is 31.2 Å². The molecule has 9 heteroatoms. The van der Waals surface area contributed by atoms with Crippen molar-refractivity contribution in [3.05, 3.63) is 91.5 Å². The van der Waals surface area contributed by atoms with Crippen LogP contribution >= 0.6 is 11.3 Å². The zero-order valence-electron chi connectivity index (χ0n) is 20.6. The summed E-state index contributed by atoms with van der Waals surface area (Å²) in [5, 5.41) is 25.3. The van der Waals surface area contributed by atoms with E-state index in [0.717, 1.165) is 35.1 Å². The lowest BCUT2D eigenvalue weighted by Crippen LogP contribution is -2.21. The number of aliphatic hydroxyl groups excluding tert-OH is 2. The van der Waals surface area contributed by atoms with Gasteiger partial charge in [0.15, 0.2) is 5.82 Å². The standard InChI is InChI=1S/C28H28N4O4S/c1-16-21(23-14-32(2)28(36)26(30-23)29-19-8-6-17(15-33)7-9-19)4-3-5-22(16)31-27(35)25-13-18-12-20(34)10-11-24(18)37-25/h3-9,13-14,20,33-34H,10-12,15H2,1-2H3,(H,29,30)(H,31,35). The maximum atomic E-state index is 13.1. The fraction of sp³-hybridized carbons (Fsp3) is 0.250. The molecule has 1 aliphatic rings. The highest BCUT2D eigenvalue weighted by molar-refractivity contribution is 7.14. The van der Waals surface area contributed by atoms with E-state index in [2.05, 4.69) is 15.6 Å². The van der Waals surface area contributed by atoms with Gasteiger partial charge in [-0.05, 0) is 67.1 Å². The fourth-order valence-corrected chi connectivity index (χ4v) is 5.60. The molecule has 8 nitrogen and oxygen atoms in total. The first-order valence-electron chi connectivity index (χ1n) is 12.1. The first-order chi connectivity index (χ1) is 17.8. The van der Waals surface area contributed by atoms with Crippen molar-refractivity contribution in [2.75, 3.05) is 10.6 Å². The number of thiophene rings is 1. The van der Waals surface area contributed by atoms with Crippen LogP contribution in [0.4, 0.5) is 17.2 Å². The molecule has 0 aliphatic heterocycles. The van der Waals surface area contributed by atoms with Gasteiger partial charge in [-0.15, -0.1) is 11.3 Å². The largest absolute Gasteiger partial charge is 0.393 e. The molecule has 5 rings (SSSR count). The number of aliphatic hydroxyl groups is 2. The van der Waals surface area contributed by atoms with Gasteiger partial charge in [0.05, 0.1) is 23.3 Å². The predicted molar refractivity (Wildman–Crippen MR) is 146 cm³/mol. The molecule has 2 aromatic carbocycles. The fourth-order valence-electron chi connectivity index (χ4n) is 4.50. The van der Waals surface area contributed by atoms with Crippen LogP contribution in [0.25, 0.3) is 11.3 Å². The van der Waals surface area contributed by atoms with E-state index in [1.165, 1.54) is 20.8 Å². The lowest BCUT2D eigenvalue weighted by molar-refractivity contribution is 0.103. The van der Waals surface area contributed by atoms with E-state index in [9.17, 15) is 19.8 Å². The lowest BCUT2D eigenvalue weighted by Gasteiger charge is -2.16. The van der Waals surface area contributed by atoms with Gasteiger partial charge in [-0.2, -0.15) is 0 Å². The molecule has 0 bridgehead atoms. The van der Waals surface area contributed by atoms with Crippen molar-refractivity contribution in [2.24, 2.45) is 7.05 Å². The smallest absolute Gasteiger partial charge is 0.293 e. The van der Waals surface area contributed by atoms with Gasteiger partial charge in [0.1, 0.15) is 0 Å². The van der Waals surface area contributed by atoms with Crippen molar-refractivity contribution in [3.8, 4) is 11.3 Å². The number of aromatic nitrogens is 2. The van der Waals surface area contributed by atoms with Gasteiger partial charge >= 0.3 is 0 Å². The number of hydrogen-bond acceptors (Lipinski definition) is 7. The Kier molecular flexibility index (Phi) is 6.92. The van der Waals surface area contributed by atoms with E-state index < -0.39 is 0 Å². The minimum Gasteiger partial charge on any atom is -0.393 e. The molecule has 1 unspecified atom stereocenters. The number of benzene rings is 2. The number of anilines is 3. The van der Waals surface area contributed by atoms with Gasteiger partial charge in [-0.3, -0.25) is 9.59 Å². The highest BCUT2D eigenvalue weighted by atomic mass is 32.1. The highest BCUT2D eigenvalue weighted by Gasteiger charge is 2.22. The van der Waals surface area contributed by atoms with Gasteiger partial charge < -0.3 is 25.4 Å². The number of aryl methyl sites for hydroxylation is 2. The summed E-state index contributed by atoms with van der Waals surface area (Å²) in [5.41, 5.74) is 5.11. The number of amides is 1. The number of nitrogens with zero attached hydrogens (tertiary/aromatic N) is 2. The molecule has 1 atom stereocenters. The second-order valence-corrected chi connectivity index (χ2v) is 10.4. The van der Waals surface area contributed by atoms with E-state index in [4.69, 9.17) is 0 Å². The molecule has 0 radical (unpaired) electrons. The van der Waals surface area contributed by atoms with Crippen LogP contribution in [0.5, 0.6) is 0 Å². The number of carbonyl (C=O) groups excluding carboxylic acids is 1. The molecule has 4 aromatic rings. The number of nitrogens with one attached hydrogen (secondary N) is 2. The van der Waals surface area contributed by atoms with E-state index in [-0.39, 0.29) is 30.0 Å². The maximum Gasteiger partial charge on any atom is 0.293 e. The molecule has 0 fully saturated rings. The molecular formula is C28H28N4O4S. The molecule has 190 valence electrons. The van der Waals surface area contributed by atoms with Crippen molar-refractivity contribution in [2.45, 2.75) is 38.9 Å². The van der Waals surface area contributed by atoms with Gasteiger partial charge in [-0.1, -0.05) is 24.3 Å². The third-order valence-electron chi connectivity index (χ3n) is 6.61. The Labute approximate surface area is 218 Å². The Morgan fingerprint density at radius 1 is 1.22 bits per heavy atom. The zero-order chi connectivity index (χ0) is 26.1. The second-order valence-electron chi connectivity index (χ2n) is 9.26. The van der Waals surface area contributed by atoms with E-state index in [0.29, 0.717) is 28.4 Å². The van der Waals surface area contributed by atoms with Crippen LogP contribution in [0.1, 0.15) is 37.7 Å². The van der Waals surface area contributed by atoms with Gasteiger partial charge in [0, 0.05) is 35.1 Å². The van der Waals surface area contributed by atoms with Crippen LogP contribution in [-0.2, 0) is 26.5 Å². The molecule has 2 heterocycles. The van der Waals surface area contributed by atoms with Crippen molar-refractivity contribution < 1.29 is 15.0 Å². The molecule has 4 N–H and O–H groups in total. The van der Waals surface area contributed by atoms with Crippen LogP contribution < -0.4 is 16.2 Å². The minimum atomic E-state index is -0.342. The number of hydrogen-bond donors (Lipinski definition) is 4. The topological polar surface area (TPSA) is 116 Å². The molecule has 37 heavy (non-hydrogen) atoms. The summed E-state index contributed by atoms with van der Waals surface area (Å²) in [4.78, 5) is 32.2. The van der Waals surface area contributed by atoms with Crippen LogP contribution in [0.2, 0.25) is 0 Å². The lowest BCUT2D eigenvalue weighted by atomic mass is 9.96. The van der Waals surface area contributed by atoms with Crippen molar-refractivity contribution >= 4 is 34.4 Å². The number of fused-ring (bicyclic) bond motifs is 1. The highest BCUT2D eigenvalue weighted by Crippen LogP contribution is 2.32. The summed E-state index contributed by atoms with van der Waals surface area (Å²) in [6.07, 6.45) is 3.45. The molecule has 2 aromatic heterocycles. The third kappa shape index (κ3) is 5.20. The van der Waals surface area contributed by atoms with Crippen LogP contribution in [0, 0.1) is 6.92 Å². The zero-order valence-corrected chi connectivity index (χ0v) is 21.4. The van der Waals surface area contributed by atoms with E-state index >= 15 is 0 Å². The Bertz CT molecular complexity index is 1520. The van der Waals surface area contributed by atoms with Crippen molar-refractivity contribution in [1.82, 2.24) is 9.55 Å². The number of carbonyl (C=O) groups is 1. The summed E-state index contributed by atoms with van der Waals surface area (Å²) < 4.78 is 1.47.